The number of ether oxygens (including phenoxy) is 1. The van der Waals surface area contributed by atoms with Gasteiger partial charge in [-0.2, -0.15) is 0 Å². The maximum atomic E-state index is 10.4. The first kappa shape index (κ1) is 7.97. The molecule has 0 spiro atoms. The molecule has 0 unspecified atom stereocenters. The van der Waals surface area contributed by atoms with E-state index in [4.69, 9.17) is 4.74 Å². The first-order valence-electron chi connectivity index (χ1n) is 4.03. The van der Waals surface area contributed by atoms with Crippen LogP contribution in [0.3, 0.4) is 0 Å². The quantitative estimate of drug-likeness (QED) is 0.482. The van der Waals surface area contributed by atoms with Crippen LogP contribution in [0.2, 0.25) is 0 Å². The van der Waals surface area contributed by atoms with E-state index in [1.807, 2.05) is 0 Å². The van der Waals surface area contributed by atoms with Gasteiger partial charge in [0, 0.05) is 11.6 Å². The number of fused-ring (bicyclic) bond motifs is 1. The number of aryl methyl sites for hydroxylation is 1. The van der Waals surface area contributed by atoms with Crippen molar-refractivity contribution in [3.8, 4) is 5.88 Å². The van der Waals surface area contributed by atoms with Gasteiger partial charge in [0.2, 0.25) is 5.88 Å². The number of rotatable bonds is 1. The number of nitro groups is 1. The minimum absolute atomic E-state index is 0.0317. The van der Waals surface area contributed by atoms with Crippen molar-refractivity contribution in [1.82, 2.24) is 4.98 Å². The molecule has 1 aromatic rings. The Bertz CT molecular complexity index is 351. The fourth-order valence-electron chi connectivity index (χ4n) is 1.33. The van der Waals surface area contributed by atoms with Crippen molar-refractivity contribution in [1.29, 1.82) is 0 Å². The third-order valence-corrected chi connectivity index (χ3v) is 1.95. The van der Waals surface area contributed by atoms with Crippen molar-refractivity contribution in [3.63, 3.8) is 0 Å². The summed E-state index contributed by atoms with van der Waals surface area (Å²) in [6.07, 6.45) is 2.93. The molecular weight excluding hydrogens is 172 g/mol. The second-order valence-electron chi connectivity index (χ2n) is 2.87. The van der Waals surface area contributed by atoms with Crippen LogP contribution >= 0.6 is 0 Å². The first-order chi connectivity index (χ1) is 6.27. The van der Waals surface area contributed by atoms with Crippen molar-refractivity contribution >= 4 is 5.69 Å². The number of hydrogen-bond donors (Lipinski definition) is 0. The summed E-state index contributed by atoms with van der Waals surface area (Å²) in [5.74, 6) is 0.539. The lowest BCUT2D eigenvalue weighted by molar-refractivity contribution is -0.385. The molecule has 1 aromatic heterocycles. The molecule has 0 amide bonds. The Morgan fingerprint density at radius 1 is 1.62 bits per heavy atom. The lowest BCUT2D eigenvalue weighted by Gasteiger charge is -2.14. The van der Waals surface area contributed by atoms with Crippen LogP contribution in [-0.4, -0.2) is 16.5 Å². The number of hydrogen-bond acceptors (Lipinski definition) is 4. The summed E-state index contributed by atoms with van der Waals surface area (Å²) in [4.78, 5) is 13.8. The van der Waals surface area contributed by atoms with E-state index >= 15 is 0 Å². The van der Waals surface area contributed by atoms with Crippen molar-refractivity contribution in [3.05, 3.63) is 27.9 Å². The van der Waals surface area contributed by atoms with Gasteiger partial charge in [0.25, 0.3) is 5.69 Å². The van der Waals surface area contributed by atoms with E-state index < -0.39 is 4.92 Å². The Morgan fingerprint density at radius 3 is 3.23 bits per heavy atom. The highest BCUT2D eigenvalue weighted by Gasteiger charge is 2.15. The van der Waals surface area contributed by atoms with Gasteiger partial charge in [-0.15, -0.1) is 0 Å². The Labute approximate surface area is 74.5 Å². The molecule has 0 aliphatic carbocycles. The van der Waals surface area contributed by atoms with Gasteiger partial charge < -0.3 is 4.74 Å². The van der Waals surface area contributed by atoms with Gasteiger partial charge in [0.05, 0.1) is 11.5 Å². The molecule has 2 rings (SSSR count). The summed E-state index contributed by atoms with van der Waals surface area (Å²) >= 11 is 0. The smallest absolute Gasteiger partial charge is 0.288 e. The van der Waals surface area contributed by atoms with Gasteiger partial charge in [0.1, 0.15) is 6.20 Å². The topological polar surface area (TPSA) is 65.3 Å². The molecule has 13 heavy (non-hydrogen) atoms. The molecule has 2 heterocycles. The highest BCUT2D eigenvalue weighted by molar-refractivity contribution is 5.38. The highest BCUT2D eigenvalue weighted by Crippen LogP contribution is 2.25. The zero-order valence-corrected chi connectivity index (χ0v) is 6.90. The van der Waals surface area contributed by atoms with E-state index in [-0.39, 0.29) is 5.69 Å². The van der Waals surface area contributed by atoms with E-state index in [9.17, 15) is 10.1 Å². The van der Waals surface area contributed by atoms with Gasteiger partial charge in [-0.25, -0.2) is 4.98 Å². The maximum Gasteiger partial charge on any atom is 0.288 e. The zero-order valence-electron chi connectivity index (χ0n) is 6.90. The van der Waals surface area contributed by atoms with Gasteiger partial charge in [-0.1, -0.05) is 0 Å². The molecule has 0 radical (unpaired) electrons. The molecule has 0 atom stereocenters. The van der Waals surface area contributed by atoms with Crippen molar-refractivity contribution < 1.29 is 9.66 Å². The Kier molecular flexibility index (Phi) is 1.84. The minimum atomic E-state index is -0.443. The summed E-state index contributed by atoms with van der Waals surface area (Å²) < 4.78 is 5.22. The first-order valence-corrected chi connectivity index (χ1v) is 4.03. The largest absolute Gasteiger partial charge is 0.477 e. The van der Waals surface area contributed by atoms with E-state index in [0.29, 0.717) is 12.5 Å². The van der Waals surface area contributed by atoms with E-state index in [2.05, 4.69) is 4.98 Å². The molecule has 0 bridgehead atoms. The minimum Gasteiger partial charge on any atom is -0.477 e. The summed E-state index contributed by atoms with van der Waals surface area (Å²) in [6, 6.07) is 1.53. The van der Waals surface area contributed by atoms with Crippen LogP contribution in [0.1, 0.15) is 12.0 Å². The predicted molar refractivity (Wildman–Crippen MR) is 44.7 cm³/mol. The molecule has 1 aliphatic rings. The van der Waals surface area contributed by atoms with Crippen molar-refractivity contribution in [2.24, 2.45) is 0 Å². The monoisotopic (exact) mass is 180 g/mol. The van der Waals surface area contributed by atoms with E-state index in [1.54, 1.807) is 0 Å². The predicted octanol–water partition coefficient (Wildman–Crippen LogP) is 1.31. The van der Waals surface area contributed by atoms with Crippen molar-refractivity contribution in [2.75, 3.05) is 6.61 Å². The summed E-state index contributed by atoms with van der Waals surface area (Å²) in [5, 5.41) is 10.4. The standard InChI is InChI=1S/C8H8N2O3/c11-10(12)7-4-6-2-1-3-13-8(6)9-5-7/h4-5H,1-3H2. The SMILES string of the molecule is O=[N+]([O-])c1cnc2c(c1)CCCO2. The van der Waals surface area contributed by atoms with Crippen LogP contribution < -0.4 is 4.74 Å². The van der Waals surface area contributed by atoms with Gasteiger partial charge in [0.15, 0.2) is 0 Å². The van der Waals surface area contributed by atoms with Crippen LogP contribution in [0.25, 0.3) is 0 Å². The summed E-state index contributed by atoms with van der Waals surface area (Å²) in [5.41, 5.74) is 0.865. The lowest BCUT2D eigenvalue weighted by atomic mass is 10.1. The van der Waals surface area contributed by atoms with E-state index in [1.165, 1.54) is 12.3 Å². The molecule has 0 N–H and O–H groups in total. The molecule has 68 valence electrons. The summed E-state index contributed by atoms with van der Waals surface area (Å²) in [7, 11) is 0. The molecule has 5 nitrogen and oxygen atoms in total. The van der Waals surface area contributed by atoms with Gasteiger partial charge in [-0.05, 0) is 12.8 Å². The third-order valence-electron chi connectivity index (χ3n) is 1.95. The number of aromatic nitrogens is 1. The average molecular weight is 180 g/mol. The molecule has 0 saturated carbocycles. The second-order valence-corrected chi connectivity index (χ2v) is 2.87. The maximum absolute atomic E-state index is 10.4. The second kappa shape index (κ2) is 3.01. The van der Waals surface area contributed by atoms with Crippen molar-refractivity contribution in [2.45, 2.75) is 12.8 Å². The Morgan fingerprint density at radius 2 is 2.46 bits per heavy atom. The van der Waals surface area contributed by atoms with Crippen LogP contribution in [0.15, 0.2) is 12.3 Å². The van der Waals surface area contributed by atoms with E-state index in [0.717, 1.165) is 18.4 Å². The number of nitrogens with zero attached hydrogens (tertiary/aromatic N) is 2. The third kappa shape index (κ3) is 1.44. The van der Waals surface area contributed by atoms with Crippen LogP contribution in [-0.2, 0) is 6.42 Å². The Balaban J connectivity index is 2.40. The van der Waals surface area contributed by atoms with Gasteiger partial charge in [-0.3, -0.25) is 10.1 Å². The number of pyridine rings is 1. The van der Waals surface area contributed by atoms with Gasteiger partial charge >= 0.3 is 0 Å². The molecule has 0 fully saturated rings. The highest BCUT2D eigenvalue weighted by atomic mass is 16.6. The normalized spacial score (nSPS) is 14.5. The fourth-order valence-corrected chi connectivity index (χ4v) is 1.33. The fraction of sp³-hybridized carbons (Fsp3) is 0.375. The lowest BCUT2D eigenvalue weighted by Crippen LogP contribution is -2.10. The van der Waals surface area contributed by atoms with Crippen LogP contribution in [0, 0.1) is 10.1 Å². The molecule has 0 saturated heterocycles. The molecule has 1 aliphatic heterocycles. The summed E-state index contributed by atoms with van der Waals surface area (Å²) in [6.45, 7) is 0.651. The molecule has 5 heteroatoms. The van der Waals surface area contributed by atoms with Crippen LogP contribution in [0.4, 0.5) is 5.69 Å². The molecular formula is C8H8N2O3. The zero-order chi connectivity index (χ0) is 9.26. The van der Waals surface area contributed by atoms with Crippen LogP contribution in [0.5, 0.6) is 5.88 Å². The molecule has 0 aromatic carbocycles. The average Bonchev–Trinajstić information content (AvgIpc) is 2.17. The Hall–Kier alpha value is -1.65.